The van der Waals surface area contributed by atoms with E-state index in [1.165, 1.54) is 0 Å². The van der Waals surface area contributed by atoms with E-state index in [9.17, 15) is 9.59 Å². The normalized spacial score (nSPS) is 19.5. The molecule has 0 aliphatic carbocycles. The molecule has 0 spiro atoms. The second-order valence-corrected chi connectivity index (χ2v) is 3.66. The van der Waals surface area contributed by atoms with Gasteiger partial charge in [0.25, 0.3) is 5.91 Å². The lowest BCUT2D eigenvalue weighted by atomic mass is 10.3. The summed E-state index contributed by atoms with van der Waals surface area (Å²) in [5.74, 6) is -0.127. The second kappa shape index (κ2) is 4.74. The highest BCUT2D eigenvalue weighted by molar-refractivity contribution is 5.92. The lowest BCUT2D eigenvalue weighted by Gasteiger charge is -2.23. The molecule has 1 unspecified atom stereocenters. The summed E-state index contributed by atoms with van der Waals surface area (Å²) in [4.78, 5) is 28.1. The van der Waals surface area contributed by atoms with Crippen molar-refractivity contribution in [3.8, 4) is 0 Å². The number of hydrogen-bond acceptors (Lipinski definition) is 3. The van der Waals surface area contributed by atoms with E-state index >= 15 is 0 Å². The van der Waals surface area contributed by atoms with Gasteiger partial charge in [0.1, 0.15) is 11.9 Å². The number of likely N-dealkylation sites (tertiary alicyclic amines) is 1. The third kappa shape index (κ3) is 2.03. The first-order valence-corrected chi connectivity index (χ1v) is 5.24. The molecule has 0 bridgehead atoms. The fourth-order valence-electron chi connectivity index (χ4n) is 1.90. The van der Waals surface area contributed by atoms with E-state index in [1.807, 2.05) is 0 Å². The summed E-state index contributed by atoms with van der Waals surface area (Å²) in [6.07, 6.45) is 3.74. The molecular formula is C11H13N3O2. The highest BCUT2D eigenvalue weighted by Gasteiger charge is 2.29. The maximum Gasteiger partial charge on any atom is 0.274 e. The van der Waals surface area contributed by atoms with Gasteiger partial charge in [-0.3, -0.25) is 14.6 Å². The summed E-state index contributed by atoms with van der Waals surface area (Å²) in [5.41, 5.74) is 0.419. The first-order chi connectivity index (χ1) is 7.83. The number of nitrogens with one attached hydrogen (secondary N) is 1. The van der Waals surface area contributed by atoms with Crippen LogP contribution in [0.25, 0.3) is 0 Å². The summed E-state index contributed by atoms with van der Waals surface area (Å²) >= 11 is 0. The van der Waals surface area contributed by atoms with E-state index in [1.54, 1.807) is 29.3 Å². The molecule has 0 saturated carbocycles. The predicted octanol–water partition coefficient (Wildman–Crippen LogP) is 0.390. The zero-order valence-electron chi connectivity index (χ0n) is 8.80. The highest BCUT2D eigenvalue weighted by Crippen LogP contribution is 2.16. The minimum atomic E-state index is -0.188. The van der Waals surface area contributed by atoms with Crippen molar-refractivity contribution in [2.75, 3.05) is 6.54 Å². The maximum absolute atomic E-state index is 12.0. The van der Waals surface area contributed by atoms with E-state index in [-0.39, 0.29) is 12.1 Å². The van der Waals surface area contributed by atoms with Crippen molar-refractivity contribution >= 4 is 12.3 Å². The van der Waals surface area contributed by atoms with Crippen LogP contribution in [0.2, 0.25) is 0 Å². The third-order valence-electron chi connectivity index (χ3n) is 2.66. The molecule has 5 heteroatoms. The number of carbonyl (C=O) groups is 2. The standard InChI is InChI=1S/C11H13N3O2/c15-8-13-10-5-3-7-14(10)11(16)9-4-1-2-6-12-9/h1-2,4,6,8,10H,3,5,7H2,(H,13,15). The van der Waals surface area contributed by atoms with Gasteiger partial charge in [-0.25, -0.2) is 0 Å². The SMILES string of the molecule is O=CNC1CCCN1C(=O)c1ccccn1. The first-order valence-electron chi connectivity index (χ1n) is 5.24. The Morgan fingerprint density at radius 3 is 3.12 bits per heavy atom. The number of pyridine rings is 1. The number of aromatic nitrogens is 1. The Labute approximate surface area is 93.5 Å². The van der Waals surface area contributed by atoms with Crippen molar-refractivity contribution in [3.05, 3.63) is 30.1 Å². The molecule has 2 amide bonds. The minimum Gasteiger partial charge on any atom is -0.338 e. The van der Waals surface area contributed by atoms with Gasteiger partial charge in [0.15, 0.2) is 0 Å². The van der Waals surface area contributed by atoms with Crippen molar-refractivity contribution in [2.45, 2.75) is 19.0 Å². The largest absolute Gasteiger partial charge is 0.338 e. The van der Waals surface area contributed by atoms with Gasteiger partial charge in [-0.05, 0) is 25.0 Å². The zero-order valence-corrected chi connectivity index (χ0v) is 8.80. The van der Waals surface area contributed by atoms with E-state index < -0.39 is 0 Å². The molecule has 1 N–H and O–H groups in total. The number of amides is 2. The number of carbonyl (C=O) groups excluding carboxylic acids is 2. The van der Waals surface area contributed by atoms with E-state index in [0.29, 0.717) is 18.6 Å². The average molecular weight is 219 g/mol. The van der Waals surface area contributed by atoms with Crippen molar-refractivity contribution in [2.24, 2.45) is 0 Å². The zero-order chi connectivity index (χ0) is 11.4. The molecule has 1 aliphatic rings. The fourth-order valence-corrected chi connectivity index (χ4v) is 1.90. The van der Waals surface area contributed by atoms with Gasteiger partial charge in [-0.2, -0.15) is 0 Å². The Balaban J connectivity index is 2.12. The molecule has 0 radical (unpaired) electrons. The van der Waals surface area contributed by atoms with Crippen LogP contribution in [0.1, 0.15) is 23.3 Å². The Bertz CT molecular complexity index is 380. The van der Waals surface area contributed by atoms with E-state index in [0.717, 1.165) is 12.8 Å². The van der Waals surface area contributed by atoms with Gasteiger partial charge in [-0.15, -0.1) is 0 Å². The third-order valence-corrected chi connectivity index (χ3v) is 2.66. The van der Waals surface area contributed by atoms with Crippen molar-refractivity contribution in [1.82, 2.24) is 15.2 Å². The molecule has 5 nitrogen and oxygen atoms in total. The fraction of sp³-hybridized carbons (Fsp3) is 0.364. The topological polar surface area (TPSA) is 62.3 Å². The monoisotopic (exact) mass is 219 g/mol. The number of hydrogen-bond donors (Lipinski definition) is 1. The number of nitrogens with zero attached hydrogens (tertiary/aromatic N) is 2. The van der Waals surface area contributed by atoms with Crippen LogP contribution in [0.15, 0.2) is 24.4 Å². The molecule has 1 aliphatic heterocycles. The molecular weight excluding hydrogens is 206 g/mol. The van der Waals surface area contributed by atoms with Gasteiger partial charge >= 0.3 is 0 Å². The molecule has 1 saturated heterocycles. The molecule has 84 valence electrons. The molecule has 2 heterocycles. The Kier molecular flexibility index (Phi) is 3.14. The quantitative estimate of drug-likeness (QED) is 0.748. The summed E-state index contributed by atoms with van der Waals surface area (Å²) < 4.78 is 0. The van der Waals surface area contributed by atoms with Crippen LogP contribution in [-0.2, 0) is 4.79 Å². The molecule has 0 aromatic carbocycles. The summed E-state index contributed by atoms with van der Waals surface area (Å²) in [5, 5.41) is 2.64. The molecule has 1 aromatic rings. The van der Waals surface area contributed by atoms with Crippen LogP contribution in [-0.4, -0.2) is 34.9 Å². The minimum absolute atomic E-state index is 0.127. The first kappa shape index (κ1) is 10.6. The lowest BCUT2D eigenvalue weighted by Crippen LogP contribution is -2.44. The van der Waals surface area contributed by atoms with Crippen LogP contribution in [0, 0.1) is 0 Å². The molecule has 1 fully saturated rings. The van der Waals surface area contributed by atoms with Gasteiger partial charge in [0.05, 0.1) is 0 Å². The van der Waals surface area contributed by atoms with Crippen LogP contribution in [0.5, 0.6) is 0 Å². The Morgan fingerprint density at radius 1 is 1.56 bits per heavy atom. The Hall–Kier alpha value is -1.91. The summed E-state index contributed by atoms with van der Waals surface area (Å²) in [7, 11) is 0. The maximum atomic E-state index is 12.0. The van der Waals surface area contributed by atoms with Crippen LogP contribution >= 0.6 is 0 Å². The summed E-state index contributed by atoms with van der Waals surface area (Å²) in [6.45, 7) is 0.668. The van der Waals surface area contributed by atoms with Gasteiger partial charge < -0.3 is 10.2 Å². The smallest absolute Gasteiger partial charge is 0.274 e. The van der Waals surface area contributed by atoms with E-state index in [4.69, 9.17) is 0 Å². The van der Waals surface area contributed by atoms with Crippen LogP contribution in [0.4, 0.5) is 0 Å². The molecule has 16 heavy (non-hydrogen) atoms. The summed E-state index contributed by atoms with van der Waals surface area (Å²) in [6, 6.07) is 5.22. The van der Waals surface area contributed by atoms with Crippen LogP contribution < -0.4 is 5.32 Å². The van der Waals surface area contributed by atoms with Gasteiger partial charge in [0, 0.05) is 12.7 Å². The lowest BCUT2D eigenvalue weighted by molar-refractivity contribution is -0.110. The van der Waals surface area contributed by atoms with Gasteiger partial charge in [-0.1, -0.05) is 6.07 Å². The number of rotatable bonds is 3. The average Bonchev–Trinajstić information content (AvgIpc) is 2.78. The van der Waals surface area contributed by atoms with Crippen molar-refractivity contribution < 1.29 is 9.59 Å². The highest BCUT2D eigenvalue weighted by atomic mass is 16.2. The van der Waals surface area contributed by atoms with E-state index in [2.05, 4.69) is 10.3 Å². The molecule has 1 atom stereocenters. The second-order valence-electron chi connectivity index (χ2n) is 3.66. The van der Waals surface area contributed by atoms with Gasteiger partial charge in [0.2, 0.25) is 6.41 Å². The van der Waals surface area contributed by atoms with Crippen molar-refractivity contribution in [1.29, 1.82) is 0 Å². The van der Waals surface area contributed by atoms with Crippen molar-refractivity contribution in [3.63, 3.8) is 0 Å². The Morgan fingerprint density at radius 2 is 2.44 bits per heavy atom. The molecule has 1 aromatic heterocycles. The molecule has 2 rings (SSSR count). The van der Waals surface area contributed by atoms with Crippen LogP contribution in [0.3, 0.4) is 0 Å². The predicted molar refractivity (Wildman–Crippen MR) is 57.5 cm³/mol.